The first-order valence-corrected chi connectivity index (χ1v) is 7.97. The van der Waals surface area contributed by atoms with E-state index in [-0.39, 0.29) is 18.6 Å². The molecule has 1 aliphatic heterocycles. The van der Waals surface area contributed by atoms with Crippen LogP contribution >= 0.6 is 0 Å². The molecule has 23 heavy (non-hydrogen) atoms. The molecule has 1 saturated heterocycles. The van der Waals surface area contributed by atoms with E-state index in [1.807, 2.05) is 29.2 Å². The molecular weight excluding hydrogens is 296 g/mol. The van der Waals surface area contributed by atoms with E-state index < -0.39 is 0 Å². The largest absolute Gasteiger partial charge is 0.497 e. The second kappa shape index (κ2) is 8.86. The van der Waals surface area contributed by atoms with Gasteiger partial charge in [0.2, 0.25) is 5.91 Å². The molecule has 1 amide bonds. The Labute approximate surface area is 137 Å². The zero-order valence-electron chi connectivity index (χ0n) is 13.9. The molecule has 1 aromatic carbocycles. The summed E-state index contributed by atoms with van der Waals surface area (Å²) >= 11 is 0. The number of piperazine rings is 1. The minimum absolute atomic E-state index is 0.0181. The number of amides is 1. The number of nitrogens with zero attached hydrogens (tertiary/aromatic N) is 2. The first kappa shape index (κ1) is 17.7. The number of β-amino-alcohol motifs (C(OH)–C–C–N with tert-alkyl or cyclic N) is 1. The van der Waals surface area contributed by atoms with Crippen LogP contribution in [0.25, 0.3) is 0 Å². The fraction of sp³-hybridized carbons (Fsp3) is 0.588. The van der Waals surface area contributed by atoms with Crippen molar-refractivity contribution in [3.63, 3.8) is 0 Å². The number of methoxy groups -OCH3 is 1. The van der Waals surface area contributed by atoms with E-state index in [2.05, 4.69) is 4.90 Å². The summed E-state index contributed by atoms with van der Waals surface area (Å²) in [6, 6.07) is 7.63. The van der Waals surface area contributed by atoms with E-state index in [4.69, 9.17) is 9.47 Å². The second-order valence-electron chi connectivity index (χ2n) is 5.87. The molecule has 0 radical (unpaired) electrons. The van der Waals surface area contributed by atoms with Crippen LogP contribution in [0.4, 0.5) is 0 Å². The maximum Gasteiger partial charge on any atom is 0.248 e. The van der Waals surface area contributed by atoms with Crippen LogP contribution in [0, 0.1) is 0 Å². The number of ether oxygens (including phenoxy) is 2. The minimum atomic E-state index is -0.330. The summed E-state index contributed by atoms with van der Waals surface area (Å²) in [6.07, 6.45) is -0.330. The van der Waals surface area contributed by atoms with E-state index >= 15 is 0 Å². The van der Waals surface area contributed by atoms with Crippen LogP contribution in [-0.4, -0.2) is 73.4 Å². The predicted octanol–water partition coefficient (Wildman–Crippen LogP) is 0.737. The van der Waals surface area contributed by atoms with Gasteiger partial charge in [0, 0.05) is 32.7 Å². The van der Waals surface area contributed by atoms with Crippen molar-refractivity contribution in [2.45, 2.75) is 19.6 Å². The zero-order valence-corrected chi connectivity index (χ0v) is 13.9. The molecule has 1 aromatic rings. The summed E-state index contributed by atoms with van der Waals surface area (Å²) in [4.78, 5) is 16.1. The number of rotatable bonds is 7. The van der Waals surface area contributed by atoms with Crippen LogP contribution in [0.5, 0.6) is 5.75 Å². The molecule has 0 unspecified atom stereocenters. The van der Waals surface area contributed by atoms with Crippen molar-refractivity contribution in [1.29, 1.82) is 0 Å². The Morgan fingerprint density at radius 2 is 2.04 bits per heavy atom. The standard InChI is InChI=1S/C17H26N2O4/c1-14(20)11-18-6-8-19(9-7-18)17(21)13-23-12-15-4-3-5-16(10-15)22-2/h3-5,10,14,20H,6-9,11-13H2,1-2H3/t14-/m0/s1. The Kier molecular flexibility index (Phi) is 6.83. The van der Waals surface area contributed by atoms with Gasteiger partial charge in [-0.1, -0.05) is 12.1 Å². The smallest absolute Gasteiger partial charge is 0.248 e. The van der Waals surface area contributed by atoms with Crippen LogP contribution in [0.1, 0.15) is 12.5 Å². The van der Waals surface area contributed by atoms with Crippen LogP contribution in [0.3, 0.4) is 0 Å². The van der Waals surface area contributed by atoms with Crippen molar-refractivity contribution in [3.05, 3.63) is 29.8 Å². The fourth-order valence-electron chi connectivity index (χ4n) is 2.66. The number of benzene rings is 1. The highest BCUT2D eigenvalue weighted by Gasteiger charge is 2.21. The van der Waals surface area contributed by atoms with Gasteiger partial charge >= 0.3 is 0 Å². The lowest BCUT2D eigenvalue weighted by molar-refractivity contribution is -0.138. The normalized spacial score (nSPS) is 17.1. The van der Waals surface area contributed by atoms with Gasteiger partial charge in [-0.15, -0.1) is 0 Å². The maximum absolute atomic E-state index is 12.1. The molecule has 0 aliphatic carbocycles. The summed E-state index contributed by atoms with van der Waals surface area (Å²) in [5, 5.41) is 9.39. The molecule has 6 nitrogen and oxygen atoms in total. The highest BCUT2D eigenvalue weighted by molar-refractivity contribution is 5.77. The number of carbonyl (C=O) groups excluding carboxylic acids is 1. The van der Waals surface area contributed by atoms with Gasteiger partial charge in [-0.2, -0.15) is 0 Å². The van der Waals surface area contributed by atoms with Crippen molar-refractivity contribution in [2.75, 3.05) is 46.4 Å². The molecule has 1 aliphatic rings. The molecule has 1 heterocycles. The predicted molar refractivity (Wildman–Crippen MR) is 87.4 cm³/mol. The fourth-order valence-corrected chi connectivity index (χ4v) is 2.66. The molecule has 1 fully saturated rings. The second-order valence-corrected chi connectivity index (χ2v) is 5.87. The molecule has 0 saturated carbocycles. The highest BCUT2D eigenvalue weighted by atomic mass is 16.5. The van der Waals surface area contributed by atoms with Crippen molar-refractivity contribution >= 4 is 5.91 Å². The number of carbonyl (C=O) groups is 1. The third-order valence-electron chi connectivity index (χ3n) is 3.88. The highest BCUT2D eigenvalue weighted by Crippen LogP contribution is 2.13. The average Bonchev–Trinajstić information content (AvgIpc) is 2.55. The molecule has 1 atom stereocenters. The first-order chi connectivity index (χ1) is 11.1. The molecule has 1 N–H and O–H groups in total. The molecule has 6 heteroatoms. The average molecular weight is 322 g/mol. The molecule has 0 bridgehead atoms. The van der Waals surface area contributed by atoms with Gasteiger partial charge in [-0.3, -0.25) is 9.69 Å². The number of hydrogen-bond acceptors (Lipinski definition) is 5. The van der Waals surface area contributed by atoms with Crippen molar-refractivity contribution in [3.8, 4) is 5.75 Å². The third kappa shape index (κ3) is 5.82. The summed E-state index contributed by atoms with van der Waals surface area (Å²) < 4.78 is 10.7. The molecule has 128 valence electrons. The van der Waals surface area contributed by atoms with Gasteiger partial charge in [-0.25, -0.2) is 0 Å². The summed E-state index contributed by atoms with van der Waals surface area (Å²) in [6.45, 7) is 5.90. The number of aliphatic hydroxyl groups is 1. The van der Waals surface area contributed by atoms with E-state index in [1.54, 1.807) is 14.0 Å². The Morgan fingerprint density at radius 1 is 1.30 bits per heavy atom. The lowest BCUT2D eigenvalue weighted by atomic mass is 10.2. The van der Waals surface area contributed by atoms with Crippen LogP contribution < -0.4 is 4.74 Å². The third-order valence-corrected chi connectivity index (χ3v) is 3.88. The monoisotopic (exact) mass is 322 g/mol. The SMILES string of the molecule is COc1cccc(COCC(=O)N2CCN(C[C@H](C)O)CC2)c1. The van der Waals surface area contributed by atoms with Crippen molar-refractivity contribution in [2.24, 2.45) is 0 Å². The Balaban J connectivity index is 1.69. The topological polar surface area (TPSA) is 62.2 Å². The van der Waals surface area contributed by atoms with Gasteiger partial charge in [0.05, 0.1) is 19.8 Å². The number of hydrogen-bond donors (Lipinski definition) is 1. The van der Waals surface area contributed by atoms with E-state index in [0.717, 1.165) is 24.4 Å². The zero-order chi connectivity index (χ0) is 16.7. The molecule has 0 aromatic heterocycles. The van der Waals surface area contributed by atoms with Crippen LogP contribution in [0.15, 0.2) is 24.3 Å². The van der Waals surface area contributed by atoms with Crippen molar-refractivity contribution in [1.82, 2.24) is 9.80 Å². The van der Waals surface area contributed by atoms with E-state index in [1.165, 1.54) is 0 Å². The first-order valence-electron chi connectivity index (χ1n) is 7.97. The maximum atomic E-state index is 12.1. The number of aliphatic hydroxyl groups excluding tert-OH is 1. The van der Waals surface area contributed by atoms with E-state index in [9.17, 15) is 9.90 Å². The molecular formula is C17H26N2O4. The molecule has 0 spiro atoms. The lowest BCUT2D eigenvalue weighted by Gasteiger charge is -2.35. The van der Waals surface area contributed by atoms with Gasteiger partial charge < -0.3 is 19.5 Å². The summed E-state index contributed by atoms with van der Waals surface area (Å²) in [5.41, 5.74) is 0.985. The van der Waals surface area contributed by atoms with Gasteiger partial charge in [0.1, 0.15) is 12.4 Å². The quantitative estimate of drug-likeness (QED) is 0.802. The Bertz CT molecular complexity index is 499. The minimum Gasteiger partial charge on any atom is -0.497 e. The summed E-state index contributed by atoms with van der Waals surface area (Å²) in [5.74, 6) is 0.802. The van der Waals surface area contributed by atoms with Crippen LogP contribution in [-0.2, 0) is 16.1 Å². The van der Waals surface area contributed by atoms with Gasteiger partial charge in [0.25, 0.3) is 0 Å². The van der Waals surface area contributed by atoms with Crippen LogP contribution in [0.2, 0.25) is 0 Å². The Hall–Kier alpha value is -1.63. The Morgan fingerprint density at radius 3 is 2.70 bits per heavy atom. The van der Waals surface area contributed by atoms with Crippen molar-refractivity contribution < 1.29 is 19.4 Å². The lowest BCUT2D eigenvalue weighted by Crippen LogP contribution is -2.51. The summed E-state index contributed by atoms with van der Waals surface area (Å²) in [7, 11) is 1.63. The van der Waals surface area contributed by atoms with E-state index in [0.29, 0.717) is 26.2 Å². The van der Waals surface area contributed by atoms with Gasteiger partial charge in [0.15, 0.2) is 0 Å². The molecule has 2 rings (SSSR count). The van der Waals surface area contributed by atoms with Gasteiger partial charge in [-0.05, 0) is 24.6 Å².